The summed E-state index contributed by atoms with van der Waals surface area (Å²) in [5.74, 6) is 0.719. The van der Waals surface area contributed by atoms with E-state index < -0.39 is 0 Å². The molecule has 1 saturated carbocycles. The predicted molar refractivity (Wildman–Crippen MR) is 122 cm³/mol. The first kappa shape index (κ1) is 22.5. The molecule has 0 aliphatic heterocycles. The minimum Gasteiger partial charge on any atom is -0.385 e. The van der Waals surface area contributed by atoms with E-state index in [1.807, 2.05) is 9.36 Å². The monoisotopic (exact) mass is 438 g/mol. The van der Waals surface area contributed by atoms with Crippen LogP contribution in [0.2, 0.25) is 0 Å². The lowest BCUT2D eigenvalue weighted by atomic mass is 10.1. The van der Waals surface area contributed by atoms with Crippen LogP contribution in [0.5, 0.6) is 0 Å². The SMILES string of the molecule is CCC(CCOC)NC(c1cn(C2CCCC2)nn1)c1nnnn1-c1c(C)cccc1C. The van der Waals surface area contributed by atoms with Gasteiger partial charge in [-0.3, -0.25) is 5.32 Å². The molecule has 0 saturated heterocycles. The summed E-state index contributed by atoms with van der Waals surface area (Å²) in [6.45, 7) is 7.03. The molecule has 1 aliphatic carbocycles. The highest BCUT2D eigenvalue weighted by Gasteiger charge is 2.29. The molecule has 1 aromatic carbocycles. The molecule has 2 heterocycles. The average Bonchev–Trinajstić information content (AvgIpc) is 3.55. The first-order valence-electron chi connectivity index (χ1n) is 11.6. The van der Waals surface area contributed by atoms with Crippen molar-refractivity contribution < 1.29 is 4.74 Å². The molecule has 2 atom stereocenters. The molecule has 1 fully saturated rings. The molecule has 1 N–H and O–H groups in total. The fourth-order valence-electron chi connectivity index (χ4n) is 4.64. The van der Waals surface area contributed by atoms with Crippen LogP contribution in [0.25, 0.3) is 5.69 Å². The van der Waals surface area contributed by atoms with Crippen LogP contribution in [0.4, 0.5) is 0 Å². The van der Waals surface area contributed by atoms with E-state index in [0.29, 0.717) is 12.6 Å². The van der Waals surface area contributed by atoms with Gasteiger partial charge in [0.15, 0.2) is 5.82 Å². The zero-order valence-electron chi connectivity index (χ0n) is 19.5. The number of hydrogen-bond acceptors (Lipinski definition) is 7. The van der Waals surface area contributed by atoms with Crippen molar-refractivity contribution in [1.29, 1.82) is 0 Å². The van der Waals surface area contributed by atoms with E-state index in [2.05, 4.69) is 76.3 Å². The quantitative estimate of drug-likeness (QED) is 0.518. The van der Waals surface area contributed by atoms with Gasteiger partial charge in [0.05, 0.1) is 17.9 Å². The van der Waals surface area contributed by atoms with E-state index in [4.69, 9.17) is 4.74 Å². The standard InChI is InChI=1S/C23H34N8O/c1-5-18(13-14-32-4)24-21(20-15-30(28-25-20)19-11-6-7-12-19)23-26-27-29-31(23)22-16(2)9-8-10-17(22)3/h8-10,15,18-19,21,24H,5-7,11-14H2,1-4H3. The minimum atomic E-state index is -0.277. The smallest absolute Gasteiger partial charge is 0.179 e. The van der Waals surface area contributed by atoms with Crippen molar-refractivity contribution in [3.8, 4) is 5.69 Å². The zero-order valence-corrected chi connectivity index (χ0v) is 19.5. The molecular formula is C23H34N8O. The topological polar surface area (TPSA) is 95.6 Å². The highest BCUT2D eigenvalue weighted by molar-refractivity contribution is 5.47. The Morgan fingerprint density at radius 3 is 2.56 bits per heavy atom. The summed E-state index contributed by atoms with van der Waals surface area (Å²) in [6, 6.07) is 6.61. The molecule has 0 spiro atoms. The molecule has 3 aromatic rings. The fourth-order valence-corrected chi connectivity index (χ4v) is 4.64. The van der Waals surface area contributed by atoms with Crippen LogP contribution >= 0.6 is 0 Å². The first-order valence-corrected chi connectivity index (χ1v) is 11.6. The Labute approximate surface area is 189 Å². The van der Waals surface area contributed by atoms with Crippen molar-refractivity contribution in [2.75, 3.05) is 13.7 Å². The molecule has 0 radical (unpaired) electrons. The molecule has 2 aromatic heterocycles. The number of hydrogen-bond donors (Lipinski definition) is 1. The molecule has 2 unspecified atom stereocenters. The number of ether oxygens (including phenoxy) is 1. The molecule has 1 aliphatic rings. The Hall–Kier alpha value is -2.65. The van der Waals surface area contributed by atoms with Crippen LogP contribution in [-0.4, -0.2) is 55.0 Å². The van der Waals surface area contributed by atoms with E-state index in [-0.39, 0.29) is 12.1 Å². The molecule has 9 nitrogen and oxygen atoms in total. The number of benzene rings is 1. The van der Waals surface area contributed by atoms with Crippen molar-refractivity contribution in [1.82, 2.24) is 40.5 Å². The summed E-state index contributed by atoms with van der Waals surface area (Å²) in [5, 5.41) is 25.7. The molecule has 0 bridgehead atoms. The number of nitrogens with one attached hydrogen (secondary N) is 1. The highest BCUT2D eigenvalue weighted by atomic mass is 16.5. The fraction of sp³-hybridized carbons (Fsp3) is 0.609. The molecular weight excluding hydrogens is 404 g/mol. The lowest BCUT2D eigenvalue weighted by Crippen LogP contribution is -2.36. The van der Waals surface area contributed by atoms with Gasteiger partial charge in [0, 0.05) is 19.8 Å². The third kappa shape index (κ3) is 4.73. The Morgan fingerprint density at radius 1 is 1.12 bits per heavy atom. The van der Waals surface area contributed by atoms with Gasteiger partial charge in [-0.25, -0.2) is 4.68 Å². The van der Waals surface area contributed by atoms with Gasteiger partial charge in [0.25, 0.3) is 0 Å². The third-order valence-electron chi connectivity index (χ3n) is 6.49. The van der Waals surface area contributed by atoms with Crippen molar-refractivity contribution in [3.05, 3.63) is 47.0 Å². The lowest BCUT2D eigenvalue weighted by Gasteiger charge is -2.23. The second-order valence-corrected chi connectivity index (χ2v) is 8.74. The van der Waals surface area contributed by atoms with Gasteiger partial charge in [-0.2, -0.15) is 4.68 Å². The van der Waals surface area contributed by atoms with Crippen molar-refractivity contribution in [3.63, 3.8) is 0 Å². The zero-order chi connectivity index (χ0) is 22.5. The van der Waals surface area contributed by atoms with Gasteiger partial charge in [0.1, 0.15) is 11.7 Å². The molecule has 172 valence electrons. The second kappa shape index (κ2) is 10.3. The van der Waals surface area contributed by atoms with Crippen LogP contribution in [-0.2, 0) is 4.74 Å². The number of methoxy groups -OCH3 is 1. The van der Waals surface area contributed by atoms with Crippen LogP contribution < -0.4 is 5.32 Å². The van der Waals surface area contributed by atoms with Gasteiger partial charge in [-0.1, -0.05) is 43.2 Å². The van der Waals surface area contributed by atoms with Crippen molar-refractivity contribution in [2.24, 2.45) is 0 Å². The van der Waals surface area contributed by atoms with Crippen molar-refractivity contribution in [2.45, 2.75) is 77.4 Å². The molecule has 32 heavy (non-hydrogen) atoms. The van der Waals surface area contributed by atoms with Crippen LogP contribution in [0, 0.1) is 13.8 Å². The average molecular weight is 439 g/mol. The van der Waals surface area contributed by atoms with Gasteiger partial charge < -0.3 is 4.74 Å². The van der Waals surface area contributed by atoms with Gasteiger partial charge in [-0.15, -0.1) is 10.2 Å². The summed E-state index contributed by atoms with van der Waals surface area (Å²) in [5.41, 5.74) is 4.10. The Morgan fingerprint density at radius 2 is 1.88 bits per heavy atom. The second-order valence-electron chi connectivity index (χ2n) is 8.74. The summed E-state index contributed by atoms with van der Waals surface area (Å²) in [4.78, 5) is 0. The van der Waals surface area contributed by atoms with Crippen molar-refractivity contribution >= 4 is 0 Å². The Balaban J connectivity index is 1.73. The highest BCUT2D eigenvalue weighted by Crippen LogP contribution is 2.30. The van der Waals surface area contributed by atoms with E-state index in [9.17, 15) is 0 Å². The maximum absolute atomic E-state index is 5.33. The van der Waals surface area contributed by atoms with Gasteiger partial charge in [-0.05, 0) is 61.1 Å². The van der Waals surface area contributed by atoms with Crippen LogP contribution in [0.1, 0.15) is 80.2 Å². The molecule has 9 heteroatoms. The number of rotatable bonds is 10. The van der Waals surface area contributed by atoms with Crippen LogP contribution in [0.15, 0.2) is 24.4 Å². The van der Waals surface area contributed by atoms with Crippen LogP contribution in [0.3, 0.4) is 0 Å². The van der Waals surface area contributed by atoms with Gasteiger partial charge >= 0.3 is 0 Å². The number of tetrazole rings is 1. The maximum atomic E-state index is 5.33. The molecule has 0 amide bonds. The summed E-state index contributed by atoms with van der Waals surface area (Å²) < 4.78 is 9.21. The van der Waals surface area contributed by atoms with E-state index >= 15 is 0 Å². The number of para-hydroxylation sites is 1. The largest absolute Gasteiger partial charge is 0.385 e. The number of aromatic nitrogens is 7. The summed E-state index contributed by atoms with van der Waals surface area (Å²) in [6.07, 6.45) is 8.74. The summed E-state index contributed by atoms with van der Waals surface area (Å²) in [7, 11) is 1.74. The van der Waals surface area contributed by atoms with E-state index in [0.717, 1.165) is 54.0 Å². The lowest BCUT2D eigenvalue weighted by molar-refractivity contribution is 0.179. The third-order valence-corrected chi connectivity index (χ3v) is 6.49. The minimum absolute atomic E-state index is 0.236. The van der Waals surface area contributed by atoms with Gasteiger partial charge in [0.2, 0.25) is 0 Å². The maximum Gasteiger partial charge on any atom is 0.179 e. The molecule has 4 rings (SSSR count). The van der Waals surface area contributed by atoms with E-state index in [1.165, 1.54) is 12.8 Å². The number of nitrogens with zero attached hydrogens (tertiary/aromatic N) is 7. The first-order chi connectivity index (χ1) is 15.6. The predicted octanol–water partition coefficient (Wildman–Crippen LogP) is 3.48. The summed E-state index contributed by atoms with van der Waals surface area (Å²) >= 11 is 0. The number of aryl methyl sites for hydroxylation is 2. The van der Waals surface area contributed by atoms with E-state index in [1.54, 1.807) is 7.11 Å². The Kier molecular flexibility index (Phi) is 7.26. The Bertz CT molecular complexity index is 987. The normalized spacial score (nSPS) is 16.5.